The van der Waals surface area contributed by atoms with Crippen LogP contribution in [0.25, 0.3) is 0 Å². The van der Waals surface area contributed by atoms with E-state index in [0.717, 1.165) is 77.8 Å². The van der Waals surface area contributed by atoms with Gasteiger partial charge < -0.3 is 30.2 Å². The minimum Gasteiger partial charge on any atom is -0.480 e. The number of carbonyl (C=O) groups excluding carboxylic acids is 2. The third kappa shape index (κ3) is 7.25. The lowest BCUT2D eigenvalue weighted by Crippen LogP contribution is -2.54. The summed E-state index contributed by atoms with van der Waals surface area (Å²) in [6.45, 7) is 5.71. The second-order valence-electron chi connectivity index (χ2n) is 10.3. The maximum Gasteiger partial charge on any atom is 0.306 e. The molecule has 0 radical (unpaired) electrons. The lowest BCUT2D eigenvalue weighted by atomic mass is 9.86. The van der Waals surface area contributed by atoms with Crippen molar-refractivity contribution in [1.82, 2.24) is 20.1 Å². The second-order valence-corrected chi connectivity index (χ2v) is 10.7. The number of rotatable bonds is 11. The maximum atomic E-state index is 12.9. The number of unbranched alkanes of at least 4 members (excludes halogenated alkanes) is 2. The van der Waals surface area contributed by atoms with Crippen LogP contribution in [0, 0.1) is 5.92 Å². The van der Waals surface area contributed by atoms with Gasteiger partial charge in [0.1, 0.15) is 17.5 Å². The van der Waals surface area contributed by atoms with Gasteiger partial charge in [-0.2, -0.15) is 4.98 Å². The van der Waals surface area contributed by atoms with Gasteiger partial charge in [0.25, 0.3) is 5.91 Å². The van der Waals surface area contributed by atoms with Crippen molar-refractivity contribution in [2.75, 3.05) is 59.2 Å². The zero-order chi connectivity index (χ0) is 26.4. The smallest absolute Gasteiger partial charge is 0.306 e. The first-order chi connectivity index (χ1) is 17.9. The number of piperidine rings is 4. The summed E-state index contributed by atoms with van der Waals surface area (Å²) in [6.07, 6.45) is 6.35. The number of hydrogen-bond donors (Lipinski definition) is 2. The molecule has 3 atom stereocenters. The van der Waals surface area contributed by atoms with Crippen molar-refractivity contribution >= 4 is 29.3 Å². The van der Waals surface area contributed by atoms with E-state index in [0.29, 0.717) is 12.3 Å². The van der Waals surface area contributed by atoms with Gasteiger partial charge in [-0.05, 0) is 63.7 Å². The van der Waals surface area contributed by atoms with E-state index in [2.05, 4.69) is 20.1 Å². The largest absolute Gasteiger partial charge is 0.480 e. The third-order valence-electron chi connectivity index (χ3n) is 7.90. The average molecular weight is 538 g/mol. The van der Waals surface area contributed by atoms with Gasteiger partial charge in [-0.1, -0.05) is 18.0 Å². The van der Waals surface area contributed by atoms with E-state index in [1.807, 2.05) is 0 Å². The molecule has 4 aliphatic heterocycles. The Morgan fingerprint density at radius 2 is 1.89 bits per heavy atom. The zero-order valence-corrected chi connectivity index (χ0v) is 22.7. The number of nitrogens with zero attached hydrogens (tertiary/aromatic N) is 3. The average Bonchev–Trinajstić information content (AvgIpc) is 2.91. The first-order valence-electron chi connectivity index (χ1n) is 13.4. The number of amides is 1. The van der Waals surface area contributed by atoms with Crippen LogP contribution in [-0.4, -0.2) is 98.4 Å². The van der Waals surface area contributed by atoms with Crippen LogP contribution in [0.1, 0.15) is 55.3 Å². The summed E-state index contributed by atoms with van der Waals surface area (Å²) in [5.41, 5.74) is 5.97. The molecule has 4 saturated heterocycles. The Bertz CT molecular complexity index is 942. The molecule has 2 bridgehead atoms. The van der Waals surface area contributed by atoms with Crippen LogP contribution in [0.3, 0.4) is 0 Å². The Kier molecular flexibility index (Phi) is 9.86. The fourth-order valence-corrected chi connectivity index (χ4v) is 5.84. The van der Waals surface area contributed by atoms with Gasteiger partial charge in [0.2, 0.25) is 5.88 Å². The summed E-state index contributed by atoms with van der Waals surface area (Å²) in [5, 5.41) is 3.25. The van der Waals surface area contributed by atoms with Crippen LogP contribution in [0.4, 0.5) is 5.82 Å². The summed E-state index contributed by atoms with van der Waals surface area (Å²) < 4.78 is 16.7. The molecule has 4 fully saturated rings. The third-order valence-corrected chi connectivity index (χ3v) is 8.21. The number of methoxy groups -OCH3 is 2. The molecule has 0 aliphatic carbocycles. The van der Waals surface area contributed by atoms with Gasteiger partial charge in [-0.15, -0.1) is 0 Å². The van der Waals surface area contributed by atoms with Crippen molar-refractivity contribution in [3.05, 3.63) is 16.7 Å². The van der Waals surface area contributed by atoms with Gasteiger partial charge in [0.05, 0.1) is 24.3 Å². The number of fused-ring (bicyclic) bond motifs is 3. The fourth-order valence-electron chi connectivity index (χ4n) is 5.69. The zero-order valence-electron chi connectivity index (χ0n) is 21.9. The van der Waals surface area contributed by atoms with Gasteiger partial charge in [-0.25, -0.2) is 0 Å². The van der Waals surface area contributed by atoms with E-state index in [-0.39, 0.29) is 52.4 Å². The molecule has 37 heavy (non-hydrogen) atoms. The van der Waals surface area contributed by atoms with Crippen LogP contribution in [0.5, 0.6) is 5.88 Å². The molecule has 5 heterocycles. The van der Waals surface area contributed by atoms with Gasteiger partial charge in [0, 0.05) is 33.2 Å². The summed E-state index contributed by atoms with van der Waals surface area (Å²) in [7, 11) is 3.10. The SMILES string of the molecule is COc1nc(N)c(Cl)cc1C(=O)N[C@H]1CCN(CCCCCC(=O)O[C@H]2CN3CCC2CC3)C[C@H]1OC. The van der Waals surface area contributed by atoms with Crippen LogP contribution in [0.2, 0.25) is 5.02 Å². The van der Waals surface area contributed by atoms with Crippen LogP contribution >= 0.6 is 11.6 Å². The van der Waals surface area contributed by atoms with E-state index < -0.39 is 0 Å². The van der Waals surface area contributed by atoms with Crippen LogP contribution in [-0.2, 0) is 14.3 Å². The lowest BCUT2D eigenvalue weighted by molar-refractivity contribution is -0.158. The molecular weight excluding hydrogens is 498 g/mol. The number of nitrogens with two attached hydrogens (primary N) is 1. The molecule has 1 aromatic heterocycles. The van der Waals surface area contributed by atoms with Crippen molar-refractivity contribution in [1.29, 1.82) is 0 Å². The van der Waals surface area contributed by atoms with Crippen molar-refractivity contribution in [3.8, 4) is 5.88 Å². The second kappa shape index (κ2) is 13.1. The Balaban J connectivity index is 1.15. The summed E-state index contributed by atoms with van der Waals surface area (Å²) in [6, 6.07) is 1.33. The monoisotopic (exact) mass is 537 g/mol. The lowest BCUT2D eigenvalue weighted by Gasteiger charge is -2.43. The number of anilines is 1. The highest BCUT2D eigenvalue weighted by Crippen LogP contribution is 2.30. The topological polar surface area (TPSA) is 119 Å². The number of hydrogen-bond acceptors (Lipinski definition) is 9. The van der Waals surface area contributed by atoms with Gasteiger partial charge >= 0.3 is 5.97 Å². The number of aromatic nitrogens is 1. The molecule has 206 valence electrons. The fraction of sp³-hybridized carbons (Fsp3) is 0.731. The molecule has 1 amide bonds. The van der Waals surface area contributed by atoms with Gasteiger partial charge in [-0.3, -0.25) is 14.5 Å². The Labute approximate surface area is 224 Å². The van der Waals surface area contributed by atoms with E-state index in [1.165, 1.54) is 13.2 Å². The molecule has 10 nitrogen and oxygen atoms in total. The predicted molar refractivity (Wildman–Crippen MR) is 141 cm³/mol. The molecular formula is C26H40ClN5O5. The number of likely N-dealkylation sites (tertiary alicyclic amines) is 1. The Hall–Kier alpha value is -2.14. The summed E-state index contributed by atoms with van der Waals surface area (Å²) in [4.78, 5) is 34.0. The molecule has 11 heteroatoms. The maximum absolute atomic E-state index is 12.9. The molecule has 0 aromatic carbocycles. The highest BCUT2D eigenvalue weighted by Gasteiger charge is 2.36. The number of esters is 1. The molecule has 4 aliphatic rings. The van der Waals surface area contributed by atoms with Crippen LogP contribution < -0.4 is 15.8 Å². The van der Waals surface area contributed by atoms with Crippen molar-refractivity contribution < 1.29 is 23.8 Å². The minimum atomic E-state index is -0.322. The van der Waals surface area contributed by atoms with Crippen LogP contribution in [0.15, 0.2) is 6.07 Å². The van der Waals surface area contributed by atoms with E-state index >= 15 is 0 Å². The molecule has 1 aromatic rings. The number of carbonyl (C=O) groups is 2. The number of halogens is 1. The Morgan fingerprint density at radius 3 is 2.57 bits per heavy atom. The predicted octanol–water partition coefficient (Wildman–Crippen LogP) is 2.34. The molecule has 0 saturated carbocycles. The molecule has 3 N–H and O–H groups in total. The highest BCUT2D eigenvalue weighted by atomic mass is 35.5. The van der Waals surface area contributed by atoms with Gasteiger partial charge in [0.15, 0.2) is 0 Å². The molecule has 0 spiro atoms. The van der Waals surface area contributed by atoms with Crippen molar-refractivity contribution in [2.24, 2.45) is 5.92 Å². The summed E-state index contributed by atoms with van der Waals surface area (Å²) >= 11 is 6.07. The Morgan fingerprint density at radius 1 is 1.11 bits per heavy atom. The number of nitrogen functional groups attached to an aromatic ring is 1. The first kappa shape index (κ1) is 27.9. The molecule has 0 unspecified atom stereocenters. The molecule has 5 rings (SSSR count). The van der Waals surface area contributed by atoms with E-state index in [4.69, 9.17) is 31.5 Å². The van der Waals surface area contributed by atoms with E-state index in [1.54, 1.807) is 7.11 Å². The number of ether oxygens (including phenoxy) is 3. The standard InChI is InChI=1S/C26H40ClN5O5/c1-35-22-16-31(10-5-3-4-6-23(33)37-21-15-32-11-7-17(21)8-12-32)13-9-20(22)29-25(34)18-14-19(27)24(28)30-26(18)36-2/h14,17,20-22H,3-13,15-16H2,1-2H3,(H2,28,30)(H,29,34)/t20-,21-,22+/m0/s1. The van der Waals surface area contributed by atoms with Crippen molar-refractivity contribution in [2.45, 2.75) is 63.2 Å². The highest BCUT2D eigenvalue weighted by molar-refractivity contribution is 6.33. The summed E-state index contributed by atoms with van der Waals surface area (Å²) in [5.74, 6) is 0.432. The normalized spacial score (nSPS) is 27.6. The first-order valence-corrected chi connectivity index (χ1v) is 13.7. The number of pyridine rings is 1. The number of nitrogens with one attached hydrogen (secondary N) is 1. The minimum absolute atomic E-state index is 0.0519. The van der Waals surface area contributed by atoms with E-state index in [9.17, 15) is 9.59 Å². The quantitative estimate of drug-likeness (QED) is 0.324. The van der Waals surface area contributed by atoms with Crippen molar-refractivity contribution in [3.63, 3.8) is 0 Å².